The molecule has 1 aliphatic heterocycles. The summed E-state index contributed by atoms with van der Waals surface area (Å²) in [6, 6.07) is 6.34. The molecule has 0 aliphatic carbocycles. The van der Waals surface area contributed by atoms with Crippen LogP contribution in [0.2, 0.25) is 0 Å². The first kappa shape index (κ1) is 12.6. The quantitative estimate of drug-likeness (QED) is 0.890. The van der Waals surface area contributed by atoms with E-state index < -0.39 is 0 Å². The third kappa shape index (κ3) is 2.61. The fourth-order valence-electron chi connectivity index (χ4n) is 2.18. The smallest absolute Gasteiger partial charge is 0.233 e. The third-order valence-electron chi connectivity index (χ3n) is 3.15. The molecule has 1 aromatic heterocycles. The molecule has 0 radical (unpaired) electrons. The second kappa shape index (κ2) is 5.28. The number of benzene rings is 1. The Bertz CT molecular complexity index is 612. The molecule has 20 heavy (non-hydrogen) atoms. The fourth-order valence-corrected chi connectivity index (χ4v) is 2.18. The van der Waals surface area contributed by atoms with Gasteiger partial charge in [-0.1, -0.05) is 12.1 Å². The average molecular weight is 274 g/mol. The van der Waals surface area contributed by atoms with Crippen molar-refractivity contribution in [1.29, 1.82) is 0 Å². The van der Waals surface area contributed by atoms with E-state index in [1.807, 2.05) is 4.90 Å². The lowest BCUT2D eigenvalue weighted by atomic mass is 10.3. The highest BCUT2D eigenvalue weighted by Gasteiger charge is 2.17. The lowest BCUT2D eigenvalue weighted by Gasteiger charge is -2.16. The minimum Gasteiger partial charge on any atom is -0.368 e. The topological polar surface area (TPSA) is 80.0 Å². The highest BCUT2D eigenvalue weighted by molar-refractivity contribution is 5.56. The van der Waals surface area contributed by atoms with Crippen LogP contribution in [0.4, 0.5) is 27.9 Å². The normalized spacial score (nSPS) is 14.6. The highest BCUT2D eigenvalue weighted by atomic mass is 19.1. The van der Waals surface area contributed by atoms with Crippen LogP contribution in [-0.2, 0) is 0 Å². The van der Waals surface area contributed by atoms with Gasteiger partial charge in [0.1, 0.15) is 5.82 Å². The Morgan fingerprint density at radius 2 is 1.85 bits per heavy atom. The number of rotatable bonds is 3. The molecule has 1 aliphatic rings. The van der Waals surface area contributed by atoms with Gasteiger partial charge in [-0.15, -0.1) is 0 Å². The largest absolute Gasteiger partial charge is 0.368 e. The zero-order valence-electron chi connectivity index (χ0n) is 10.9. The van der Waals surface area contributed by atoms with E-state index in [0.717, 1.165) is 25.9 Å². The molecule has 0 amide bonds. The standard InChI is InChI=1S/C13H15FN6/c14-9-5-1-2-6-10(9)16-12-17-11(15)18-13(19-12)20-7-3-4-8-20/h1-2,5-6H,3-4,7-8H2,(H3,15,16,17,18,19). The SMILES string of the molecule is Nc1nc(Nc2ccccc2F)nc(N2CCCC2)n1. The summed E-state index contributed by atoms with van der Waals surface area (Å²) in [4.78, 5) is 14.5. The molecular formula is C13H15FN6. The molecule has 7 heteroatoms. The van der Waals surface area contributed by atoms with Crippen LogP contribution in [0, 0.1) is 5.82 Å². The number of hydrogen-bond acceptors (Lipinski definition) is 6. The van der Waals surface area contributed by atoms with Gasteiger partial charge >= 0.3 is 0 Å². The van der Waals surface area contributed by atoms with Crippen LogP contribution in [0.1, 0.15) is 12.8 Å². The molecule has 2 heterocycles. The van der Waals surface area contributed by atoms with Gasteiger partial charge in [0.15, 0.2) is 0 Å². The Morgan fingerprint density at radius 1 is 1.10 bits per heavy atom. The molecule has 104 valence electrons. The maximum Gasteiger partial charge on any atom is 0.233 e. The summed E-state index contributed by atoms with van der Waals surface area (Å²) in [5.41, 5.74) is 6.01. The number of nitrogens with one attached hydrogen (secondary N) is 1. The summed E-state index contributed by atoms with van der Waals surface area (Å²) < 4.78 is 13.6. The number of hydrogen-bond donors (Lipinski definition) is 2. The third-order valence-corrected chi connectivity index (χ3v) is 3.15. The first-order chi connectivity index (χ1) is 9.72. The molecule has 0 spiro atoms. The van der Waals surface area contributed by atoms with E-state index >= 15 is 0 Å². The number of halogens is 1. The lowest BCUT2D eigenvalue weighted by Crippen LogP contribution is -2.22. The molecule has 1 saturated heterocycles. The summed E-state index contributed by atoms with van der Waals surface area (Å²) in [5.74, 6) is 0.549. The van der Waals surface area contributed by atoms with Gasteiger partial charge in [0.05, 0.1) is 5.69 Å². The molecule has 1 fully saturated rings. The van der Waals surface area contributed by atoms with Gasteiger partial charge in [-0.3, -0.25) is 0 Å². The molecule has 6 nitrogen and oxygen atoms in total. The summed E-state index contributed by atoms with van der Waals surface area (Å²) in [6.07, 6.45) is 2.23. The van der Waals surface area contributed by atoms with Gasteiger partial charge < -0.3 is 16.0 Å². The van der Waals surface area contributed by atoms with Crippen molar-refractivity contribution in [2.45, 2.75) is 12.8 Å². The number of para-hydroxylation sites is 1. The van der Waals surface area contributed by atoms with Crippen LogP contribution in [0.5, 0.6) is 0 Å². The second-order valence-electron chi connectivity index (χ2n) is 4.62. The van der Waals surface area contributed by atoms with Crippen LogP contribution < -0.4 is 16.0 Å². The van der Waals surface area contributed by atoms with Crippen LogP contribution in [0.3, 0.4) is 0 Å². The van der Waals surface area contributed by atoms with Gasteiger partial charge in [-0.05, 0) is 25.0 Å². The maximum absolute atomic E-state index is 13.6. The lowest BCUT2D eigenvalue weighted by molar-refractivity contribution is 0.631. The maximum atomic E-state index is 13.6. The van der Waals surface area contributed by atoms with Gasteiger partial charge in [0.25, 0.3) is 0 Å². The van der Waals surface area contributed by atoms with Crippen molar-refractivity contribution < 1.29 is 4.39 Å². The molecule has 3 rings (SSSR count). The first-order valence-electron chi connectivity index (χ1n) is 6.50. The van der Waals surface area contributed by atoms with Crippen LogP contribution >= 0.6 is 0 Å². The number of aromatic nitrogens is 3. The van der Waals surface area contributed by atoms with Gasteiger partial charge in [-0.2, -0.15) is 15.0 Å². The Hall–Kier alpha value is -2.44. The Balaban J connectivity index is 1.88. The van der Waals surface area contributed by atoms with Gasteiger partial charge in [0.2, 0.25) is 17.8 Å². The van der Waals surface area contributed by atoms with Crippen molar-refractivity contribution >= 4 is 23.5 Å². The molecule has 1 aromatic carbocycles. The zero-order valence-corrected chi connectivity index (χ0v) is 10.9. The summed E-state index contributed by atoms with van der Waals surface area (Å²) >= 11 is 0. The van der Waals surface area contributed by atoms with Crippen molar-refractivity contribution in [2.75, 3.05) is 29.0 Å². The van der Waals surface area contributed by atoms with Crippen molar-refractivity contribution in [3.05, 3.63) is 30.1 Å². The molecular weight excluding hydrogens is 259 g/mol. The first-order valence-corrected chi connectivity index (χ1v) is 6.50. The molecule has 0 saturated carbocycles. The number of anilines is 4. The van der Waals surface area contributed by atoms with Crippen LogP contribution in [0.25, 0.3) is 0 Å². The molecule has 3 N–H and O–H groups in total. The predicted molar refractivity (Wildman–Crippen MR) is 75.4 cm³/mol. The van der Waals surface area contributed by atoms with E-state index in [9.17, 15) is 4.39 Å². The summed E-state index contributed by atoms with van der Waals surface area (Å²) in [5, 5.41) is 2.83. The Kier molecular flexibility index (Phi) is 3.32. The zero-order chi connectivity index (χ0) is 13.9. The monoisotopic (exact) mass is 274 g/mol. The van der Waals surface area contributed by atoms with E-state index in [1.165, 1.54) is 6.07 Å². The number of nitrogens with two attached hydrogens (primary N) is 1. The van der Waals surface area contributed by atoms with E-state index in [2.05, 4.69) is 20.3 Å². The Labute approximate surface area is 115 Å². The predicted octanol–water partition coefficient (Wildman–Crippen LogP) is 1.94. The van der Waals surface area contributed by atoms with Gasteiger partial charge in [0, 0.05) is 13.1 Å². The van der Waals surface area contributed by atoms with E-state index in [0.29, 0.717) is 11.6 Å². The summed E-state index contributed by atoms with van der Waals surface area (Å²) in [7, 11) is 0. The summed E-state index contributed by atoms with van der Waals surface area (Å²) in [6.45, 7) is 1.81. The van der Waals surface area contributed by atoms with Crippen molar-refractivity contribution in [3.8, 4) is 0 Å². The van der Waals surface area contributed by atoms with Crippen molar-refractivity contribution in [1.82, 2.24) is 15.0 Å². The molecule has 0 bridgehead atoms. The molecule has 0 unspecified atom stereocenters. The minimum absolute atomic E-state index is 0.126. The van der Waals surface area contributed by atoms with Gasteiger partial charge in [-0.25, -0.2) is 4.39 Å². The van der Waals surface area contributed by atoms with E-state index in [4.69, 9.17) is 5.73 Å². The number of nitrogen functional groups attached to an aromatic ring is 1. The average Bonchev–Trinajstić information content (AvgIpc) is 2.95. The second-order valence-corrected chi connectivity index (χ2v) is 4.62. The number of nitrogens with zero attached hydrogens (tertiary/aromatic N) is 4. The van der Waals surface area contributed by atoms with E-state index in [-0.39, 0.29) is 17.7 Å². The van der Waals surface area contributed by atoms with E-state index in [1.54, 1.807) is 18.2 Å². The van der Waals surface area contributed by atoms with Crippen LogP contribution in [-0.4, -0.2) is 28.0 Å². The Morgan fingerprint density at radius 3 is 2.60 bits per heavy atom. The van der Waals surface area contributed by atoms with Crippen molar-refractivity contribution in [2.24, 2.45) is 0 Å². The fraction of sp³-hybridized carbons (Fsp3) is 0.308. The van der Waals surface area contributed by atoms with Crippen molar-refractivity contribution in [3.63, 3.8) is 0 Å². The molecule has 0 atom stereocenters. The minimum atomic E-state index is -0.366. The van der Waals surface area contributed by atoms with Crippen LogP contribution in [0.15, 0.2) is 24.3 Å². The molecule has 2 aromatic rings. The highest BCUT2D eigenvalue weighted by Crippen LogP contribution is 2.21.